The summed E-state index contributed by atoms with van der Waals surface area (Å²) in [5.74, 6) is 1.09. The number of amidine groups is 1. The molecule has 1 unspecified atom stereocenters. The van der Waals surface area contributed by atoms with Gasteiger partial charge in [-0.1, -0.05) is 30.8 Å². The van der Waals surface area contributed by atoms with E-state index in [-0.39, 0.29) is 0 Å². The van der Waals surface area contributed by atoms with E-state index in [1.165, 1.54) is 5.56 Å². The van der Waals surface area contributed by atoms with Gasteiger partial charge in [-0.05, 0) is 31.0 Å². The van der Waals surface area contributed by atoms with Crippen molar-refractivity contribution in [2.24, 2.45) is 4.99 Å². The number of nitrogens with one attached hydrogen (secondary N) is 1. The van der Waals surface area contributed by atoms with Crippen LogP contribution in [0.1, 0.15) is 19.4 Å². The van der Waals surface area contributed by atoms with Gasteiger partial charge in [-0.2, -0.15) is 0 Å². The number of aliphatic imine (C=N–C) groups is 1. The maximum Gasteiger partial charge on any atom is 0.161 e. The summed E-state index contributed by atoms with van der Waals surface area (Å²) in [6.45, 7) is 4.31. The van der Waals surface area contributed by atoms with E-state index >= 15 is 0 Å². The van der Waals surface area contributed by atoms with Crippen molar-refractivity contribution < 1.29 is 0 Å². The van der Waals surface area contributed by atoms with Crippen molar-refractivity contribution in [1.29, 1.82) is 0 Å². The first-order valence-electron chi connectivity index (χ1n) is 5.34. The Bertz CT molecular complexity index is 356. The van der Waals surface area contributed by atoms with Crippen LogP contribution in [0.3, 0.4) is 0 Å². The van der Waals surface area contributed by atoms with Crippen LogP contribution in [0.25, 0.3) is 0 Å². The predicted octanol–water partition coefficient (Wildman–Crippen LogP) is 3.15. The minimum absolute atomic E-state index is 0.451. The molecule has 0 spiro atoms. The van der Waals surface area contributed by atoms with Crippen LogP contribution in [-0.4, -0.2) is 17.0 Å². The highest BCUT2D eigenvalue weighted by molar-refractivity contribution is 8.14. The van der Waals surface area contributed by atoms with Gasteiger partial charge in [-0.25, -0.2) is 0 Å². The van der Waals surface area contributed by atoms with Crippen LogP contribution in [-0.2, 0) is 6.42 Å². The van der Waals surface area contributed by atoms with Gasteiger partial charge in [0.1, 0.15) is 0 Å². The highest BCUT2D eigenvalue weighted by Crippen LogP contribution is 2.20. The third-order valence-electron chi connectivity index (χ3n) is 2.41. The molecule has 1 N–H and O–H groups in total. The molecule has 15 heavy (non-hydrogen) atoms. The Morgan fingerprint density at radius 1 is 1.40 bits per heavy atom. The number of nitrogens with zero attached hydrogens (tertiary/aromatic N) is 1. The van der Waals surface area contributed by atoms with E-state index in [4.69, 9.17) is 0 Å². The largest absolute Gasteiger partial charge is 0.335 e. The van der Waals surface area contributed by atoms with Crippen LogP contribution in [0.15, 0.2) is 29.3 Å². The fraction of sp³-hybridized carbons (Fsp3) is 0.417. The fourth-order valence-electron chi connectivity index (χ4n) is 1.49. The minimum atomic E-state index is 0.451. The first kappa shape index (κ1) is 10.6. The molecule has 1 aliphatic rings. The van der Waals surface area contributed by atoms with Crippen LogP contribution >= 0.6 is 11.8 Å². The van der Waals surface area contributed by atoms with Crippen molar-refractivity contribution in [3.8, 4) is 0 Å². The van der Waals surface area contributed by atoms with Gasteiger partial charge in [0.05, 0.1) is 6.04 Å². The van der Waals surface area contributed by atoms with Gasteiger partial charge >= 0.3 is 0 Å². The number of thioether (sulfide) groups is 1. The summed E-state index contributed by atoms with van der Waals surface area (Å²) in [6.07, 6.45) is 1.09. The summed E-state index contributed by atoms with van der Waals surface area (Å²) in [6, 6.07) is 9.00. The van der Waals surface area contributed by atoms with Gasteiger partial charge in [0.15, 0.2) is 5.17 Å². The van der Waals surface area contributed by atoms with E-state index in [0.29, 0.717) is 6.04 Å². The molecule has 0 saturated carbocycles. The zero-order chi connectivity index (χ0) is 10.7. The smallest absolute Gasteiger partial charge is 0.161 e. The van der Waals surface area contributed by atoms with Crippen molar-refractivity contribution in [3.05, 3.63) is 29.8 Å². The van der Waals surface area contributed by atoms with E-state index in [0.717, 1.165) is 23.0 Å². The van der Waals surface area contributed by atoms with Gasteiger partial charge in [-0.15, -0.1) is 0 Å². The van der Waals surface area contributed by atoms with E-state index < -0.39 is 0 Å². The molecule has 0 amide bonds. The second-order valence-electron chi connectivity index (χ2n) is 3.77. The van der Waals surface area contributed by atoms with Crippen molar-refractivity contribution in [1.82, 2.24) is 0 Å². The molecule has 0 saturated heterocycles. The standard InChI is InChI=1S/C12H16N2S/c1-3-10-4-6-11(7-5-10)14-12-13-9(2)8-15-12/h4-7,9H,3,8H2,1-2H3,(H,13,14). The Hall–Kier alpha value is -0.960. The molecule has 1 aliphatic heterocycles. The van der Waals surface area contributed by atoms with Crippen molar-refractivity contribution in [2.45, 2.75) is 26.3 Å². The highest BCUT2D eigenvalue weighted by atomic mass is 32.2. The summed E-state index contributed by atoms with van der Waals surface area (Å²) in [7, 11) is 0. The Labute approximate surface area is 95.2 Å². The number of aryl methyl sites for hydroxylation is 1. The average Bonchev–Trinajstić information content (AvgIpc) is 2.65. The molecule has 0 radical (unpaired) electrons. The summed E-state index contributed by atoms with van der Waals surface area (Å²) >= 11 is 1.79. The van der Waals surface area contributed by atoms with Crippen LogP contribution in [0.2, 0.25) is 0 Å². The number of benzene rings is 1. The normalized spacial score (nSPS) is 20.1. The van der Waals surface area contributed by atoms with Crippen molar-refractivity contribution in [2.75, 3.05) is 11.1 Å². The van der Waals surface area contributed by atoms with Crippen LogP contribution in [0.4, 0.5) is 5.69 Å². The number of anilines is 1. The second-order valence-corrected chi connectivity index (χ2v) is 4.78. The monoisotopic (exact) mass is 220 g/mol. The molecule has 1 aromatic rings. The van der Waals surface area contributed by atoms with Crippen LogP contribution in [0.5, 0.6) is 0 Å². The molecule has 0 aromatic heterocycles. The van der Waals surface area contributed by atoms with Gasteiger partial charge in [0.25, 0.3) is 0 Å². The molecule has 1 atom stereocenters. The van der Waals surface area contributed by atoms with Crippen LogP contribution in [0, 0.1) is 0 Å². The Kier molecular flexibility index (Phi) is 3.31. The highest BCUT2D eigenvalue weighted by Gasteiger charge is 2.13. The van der Waals surface area contributed by atoms with E-state index in [1.807, 2.05) is 0 Å². The molecule has 0 bridgehead atoms. The van der Waals surface area contributed by atoms with Gasteiger partial charge < -0.3 is 5.32 Å². The first-order valence-corrected chi connectivity index (χ1v) is 6.33. The Morgan fingerprint density at radius 3 is 2.67 bits per heavy atom. The third kappa shape index (κ3) is 2.75. The van der Waals surface area contributed by atoms with E-state index in [1.54, 1.807) is 11.8 Å². The first-order chi connectivity index (χ1) is 7.28. The topological polar surface area (TPSA) is 24.4 Å². The zero-order valence-electron chi connectivity index (χ0n) is 9.16. The molecular weight excluding hydrogens is 204 g/mol. The van der Waals surface area contributed by atoms with E-state index in [9.17, 15) is 0 Å². The predicted molar refractivity (Wildman–Crippen MR) is 68.8 cm³/mol. The van der Waals surface area contributed by atoms with E-state index in [2.05, 4.69) is 48.4 Å². The number of hydrogen-bond acceptors (Lipinski definition) is 3. The lowest BCUT2D eigenvalue weighted by Crippen LogP contribution is -2.04. The summed E-state index contributed by atoms with van der Waals surface area (Å²) in [5.41, 5.74) is 2.50. The average molecular weight is 220 g/mol. The van der Waals surface area contributed by atoms with Gasteiger partial charge in [0.2, 0.25) is 0 Å². The quantitative estimate of drug-likeness (QED) is 0.828. The molecule has 2 nitrogen and oxygen atoms in total. The third-order valence-corrected chi connectivity index (χ3v) is 3.54. The van der Waals surface area contributed by atoms with Crippen molar-refractivity contribution >= 4 is 22.6 Å². The van der Waals surface area contributed by atoms with Crippen molar-refractivity contribution in [3.63, 3.8) is 0 Å². The summed E-state index contributed by atoms with van der Waals surface area (Å²) in [5, 5.41) is 4.38. The fourth-order valence-corrected chi connectivity index (χ4v) is 2.41. The lowest BCUT2D eigenvalue weighted by molar-refractivity contribution is 0.865. The Morgan fingerprint density at radius 2 is 2.13 bits per heavy atom. The molecule has 0 aliphatic carbocycles. The SMILES string of the molecule is CCc1ccc(NC2=NC(C)CS2)cc1. The summed E-state index contributed by atoms with van der Waals surface area (Å²) < 4.78 is 0. The maximum atomic E-state index is 4.49. The van der Waals surface area contributed by atoms with Crippen LogP contribution < -0.4 is 5.32 Å². The number of rotatable bonds is 2. The molecule has 2 rings (SSSR count). The second kappa shape index (κ2) is 4.71. The minimum Gasteiger partial charge on any atom is -0.335 e. The number of hydrogen-bond donors (Lipinski definition) is 1. The summed E-state index contributed by atoms with van der Waals surface area (Å²) in [4.78, 5) is 4.49. The molecule has 1 heterocycles. The molecule has 0 fully saturated rings. The zero-order valence-corrected chi connectivity index (χ0v) is 9.97. The van der Waals surface area contributed by atoms with Gasteiger partial charge in [-0.3, -0.25) is 4.99 Å². The molecular formula is C12H16N2S. The molecule has 3 heteroatoms. The lowest BCUT2D eigenvalue weighted by atomic mass is 10.1. The molecule has 1 aromatic carbocycles. The Balaban J connectivity index is 2.02. The van der Waals surface area contributed by atoms with Gasteiger partial charge in [0, 0.05) is 11.4 Å². The molecule has 80 valence electrons. The maximum absolute atomic E-state index is 4.49. The lowest BCUT2D eigenvalue weighted by Gasteiger charge is -2.05.